The van der Waals surface area contributed by atoms with Crippen LogP contribution in [-0.2, 0) is 4.74 Å². The molecule has 1 saturated heterocycles. The Labute approximate surface area is 135 Å². The molecule has 0 radical (unpaired) electrons. The molecule has 2 rings (SSSR count). The van der Waals surface area contributed by atoms with E-state index < -0.39 is 0 Å². The predicted molar refractivity (Wildman–Crippen MR) is 91.3 cm³/mol. The number of likely N-dealkylation sites (tertiary alicyclic amines) is 1. The van der Waals surface area contributed by atoms with Crippen molar-refractivity contribution in [2.45, 2.75) is 33.6 Å². The van der Waals surface area contributed by atoms with Crippen LogP contribution >= 0.6 is 23.6 Å². The van der Waals surface area contributed by atoms with Crippen LogP contribution in [0.4, 0.5) is 5.00 Å². The zero-order valence-electron chi connectivity index (χ0n) is 13.0. The van der Waals surface area contributed by atoms with E-state index in [2.05, 4.69) is 17.1 Å². The van der Waals surface area contributed by atoms with E-state index >= 15 is 0 Å². The van der Waals surface area contributed by atoms with Gasteiger partial charge in [-0.1, -0.05) is 6.92 Å². The zero-order valence-corrected chi connectivity index (χ0v) is 14.6. The van der Waals surface area contributed by atoms with Crippen molar-refractivity contribution in [3.05, 3.63) is 16.0 Å². The Morgan fingerprint density at radius 1 is 1.48 bits per heavy atom. The molecule has 0 aliphatic carbocycles. The fourth-order valence-electron chi connectivity index (χ4n) is 2.61. The van der Waals surface area contributed by atoms with Crippen LogP contribution in [0.3, 0.4) is 0 Å². The van der Waals surface area contributed by atoms with Crippen LogP contribution in [0.5, 0.6) is 0 Å². The highest BCUT2D eigenvalue weighted by Crippen LogP contribution is 2.33. The number of carbonyl (C=O) groups is 1. The maximum absolute atomic E-state index is 12.0. The minimum Gasteiger partial charge on any atom is -0.465 e. The Balaban J connectivity index is 2.17. The van der Waals surface area contributed by atoms with Gasteiger partial charge in [-0.15, -0.1) is 11.3 Å². The lowest BCUT2D eigenvalue weighted by Gasteiger charge is -2.32. The van der Waals surface area contributed by atoms with E-state index in [0.717, 1.165) is 35.0 Å². The monoisotopic (exact) mass is 326 g/mol. The first-order chi connectivity index (χ1) is 9.93. The first kappa shape index (κ1) is 16.2. The van der Waals surface area contributed by atoms with Crippen LogP contribution < -0.4 is 5.32 Å². The van der Waals surface area contributed by atoms with Crippen molar-refractivity contribution in [2.24, 2.45) is 5.92 Å². The molecule has 2 heterocycles. The Hall–Kier alpha value is -1.14. The molecule has 1 fully saturated rings. The average molecular weight is 326 g/mol. The maximum Gasteiger partial charge on any atom is 0.341 e. The first-order valence-electron chi connectivity index (χ1n) is 7.18. The molecule has 4 nitrogen and oxygen atoms in total. The van der Waals surface area contributed by atoms with E-state index in [1.54, 1.807) is 11.3 Å². The number of esters is 1. The zero-order chi connectivity index (χ0) is 15.6. The third kappa shape index (κ3) is 3.55. The van der Waals surface area contributed by atoms with Gasteiger partial charge >= 0.3 is 5.97 Å². The van der Waals surface area contributed by atoms with Gasteiger partial charge in [0.25, 0.3) is 0 Å². The Kier molecular flexibility index (Phi) is 5.22. The van der Waals surface area contributed by atoms with E-state index in [1.807, 2.05) is 13.8 Å². The summed E-state index contributed by atoms with van der Waals surface area (Å²) in [7, 11) is 1.41. The molecule has 116 valence electrons. The smallest absolute Gasteiger partial charge is 0.341 e. The summed E-state index contributed by atoms with van der Waals surface area (Å²) in [4.78, 5) is 15.3. The van der Waals surface area contributed by atoms with Crippen LogP contribution in [0.25, 0.3) is 0 Å². The molecule has 0 aromatic carbocycles. The molecule has 1 atom stereocenters. The molecule has 1 aliphatic rings. The van der Waals surface area contributed by atoms with Gasteiger partial charge in [0.15, 0.2) is 5.11 Å². The van der Waals surface area contributed by atoms with Crippen LogP contribution in [-0.4, -0.2) is 36.2 Å². The van der Waals surface area contributed by atoms with Gasteiger partial charge in [-0.3, -0.25) is 0 Å². The van der Waals surface area contributed by atoms with Crippen molar-refractivity contribution in [2.75, 3.05) is 25.5 Å². The quantitative estimate of drug-likeness (QED) is 0.664. The summed E-state index contributed by atoms with van der Waals surface area (Å²) in [6, 6.07) is 0. The summed E-state index contributed by atoms with van der Waals surface area (Å²) in [6.45, 7) is 8.14. The molecular weight excluding hydrogens is 304 g/mol. The number of ether oxygens (including phenoxy) is 1. The third-order valence-corrected chi connectivity index (χ3v) is 5.42. The van der Waals surface area contributed by atoms with Crippen LogP contribution in [0.1, 0.15) is 40.6 Å². The Bertz CT molecular complexity index is 554. The summed E-state index contributed by atoms with van der Waals surface area (Å²) in [5.74, 6) is 0.347. The minimum absolute atomic E-state index is 0.311. The molecule has 0 saturated carbocycles. The SMILES string of the molecule is COC(=O)c1c(NC(=S)N2CCC[C@@H](C)C2)sc(C)c1C. The van der Waals surface area contributed by atoms with E-state index in [9.17, 15) is 4.79 Å². The largest absolute Gasteiger partial charge is 0.465 e. The summed E-state index contributed by atoms with van der Waals surface area (Å²) in [6.07, 6.45) is 2.42. The number of anilines is 1. The second kappa shape index (κ2) is 6.75. The van der Waals surface area contributed by atoms with Crippen LogP contribution in [0, 0.1) is 19.8 Å². The Morgan fingerprint density at radius 2 is 2.19 bits per heavy atom. The number of hydrogen-bond donors (Lipinski definition) is 1. The summed E-state index contributed by atoms with van der Waals surface area (Å²) in [5, 5.41) is 4.75. The number of nitrogens with one attached hydrogen (secondary N) is 1. The molecule has 0 spiro atoms. The van der Waals surface area contributed by atoms with E-state index in [0.29, 0.717) is 16.6 Å². The van der Waals surface area contributed by atoms with Crippen molar-refractivity contribution in [3.63, 3.8) is 0 Å². The highest BCUT2D eigenvalue weighted by Gasteiger charge is 2.23. The number of piperidine rings is 1. The summed E-state index contributed by atoms with van der Waals surface area (Å²) < 4.78 is 4.89. The summed E-state index contributed by atoms with van der Waals surface area (Å²) >= 11 is 7.06. The number of thiocarbonyl (C=S) groups is 1. The van der Waals surface area contributed by atoms with Gasteiger partial charge in [0.2, 0.25) is 0 Å². The molecule has 1 N–H and O–H groups in total. The number of rotatable bonds is 2. The van der Waals surface area contributed by atoms with Gasteiger partial charge in [-0.25, -0.2) is 4.79 Å². The van der Waals surface area contributed by atoms with Gasteiger partial charge < -0.3 is 15.0 Å². The second-order valence-corrected chi connectivity index (χ2v) is 7.21. The van der Waals surface area contributed by atoms with Gasteiger partial charge in [0, 0.05) is 18.0 Å². The van der Waals surface area contributed by atoms with Gasteiger partial charge in [-0.2, -0.15) is 0 Å². The Morgan fingerprint density at radius 3 is 2.81 bits per heavy atom. The number of carbonyl (C=O) groups excluding carboxylic acids is 1. The van der Waals surface area contributed by atoms with Crippen molar-refractivity contribution in [1.29, 1.82) is 0 Å². The molecule has 6 heteroatoms. The van der Waals surface area contributed by atoms with Gasteiger partial charge in [0.1, 0.15) is 5.00 Å². The number of thiophene rings is 1. The minimum atomic E-state index is -0.311. The van der Waals surface area contributed by atoms with Crippen LogP contribution in [0.2, 0.25) is 0 Å². The van der Waals surface area contributed by atoms with Gasteiger partial charge in [0.05, 0.1) is 12.7 Å². The van der Waals surface area contributed by atoms with Crippen molar-refractivity contribution < 1.29 is 9.53 Å². The van der Waals surface area contributed by atoms with E-state index in [1.165, 1.54) is 13.5 Å². The second-order valence-electron chi connectivity index (χ2n) is 5.60. The fraction of sp³-hybridized carbons (Fsp3) is 0.600. The standard InChI is InChI=1S/C15H22N2O2S2/c1-9-6-5-7-17(8-9)15(20)16-13-12(14(18)19-4)10(2)11(3)21-13/h9H,5-8H2,1-4H3,(H,16,20)/t9-/m1/s1. The first-order valence-corrected chi connectivity index (χ1v) is 8.40. The molecule has 0 unspecified atom stereocenters. The molecule has 1 aromatic heterocycles. The van der Waals surface area contributed by atoms with Crippen molar-refractivity contribution in [3.8, 4) is 0 Å². The lowest BCUT2D eigenvalue weighted by atomic mass is 10.0. The van der Waals surface area contributed by atoms with Crippen molar-refractivity contribution >= 4 is 39.6 Å². The molecule has 21 heavy (non-hydrogen) atoms. The molecule has 1 aliphatic heterocycles. The van der Waals surface area contributed by atoms with Crippen molar-refractivity contribution in [1.82, 2.24) is 4.90 Å². The third-order valence-electron chi connectivity index (χ3n) is 3.94. The molecule has 1 aromatic rings. The van der Waals surface area contributed by atoms with Gasteiger partial charge in [-0.05, 0) is 50.4 Å². The topological polar surface area (TPSA) is 41.6 Å². The fourth-order valence-corrected chi connectivity index (χ4v) is 3.99. The lowest BCUT2D eigenvalue weighted by molar-refractivity contribution is 0.0601. The highest BCUT2D eigenvalue weighted by molar-refractivity contribution is 7.80. The molecule has 0 amide bonds. The van der Waals surface area contributed by atoms with E-state index in [-0.39, 0.29) is 5.97 Å². The lowest BCUT2D eigenvalue weighted by Crippen LogP contribution is -2.41. The number of nitrogens with zero attached hydrogens (tertiary/aromatic N) is 1. The maximum atomic E-state index is 12.0. The molecule has 0 bridgehead atoms. The number of methoxy groups -OCH3 is 1. The predicted octanol–water partition coefficient (Wildman–Crippen LogP) is 3.58. The normalized spacial score (nSPS) is 18.5. The summed E-state index contributed by atoms with van der Waals surface area (Å²) in [5.41, 5.74) is 1.57. The number of hydrogen-bond acceptors (Lipinski definition) is 4. The van der Waals surface area contributed by atoms with Crippen LogP contribution in [0.15, 0.2) is 0 Å². The number of aryl methyl sites for hydroxylation is 1. The van der Waals surface area contributed by atoms with E-state index in [4.69, 9.17) is 17.0 Å². The average Bonchev–Trinajstić information content (AvgIpc) is 2.73. The molecular formula is C15H22N2O2S2. The highest BCUT2D eigenvalue weighted by atomic mass is 32.1.